The van der Waals surface area contributed by atoms with Crippen molar-refractivity contribution in [3.05, 3.63) is 24.3 Å². The fourth-order valence-electron chi connectivity index (χ4n) is 1.25. The fraction of sp³-hybridized carbons (Fsp3) is 0.333. The molecule has 0 saturated carbocycles. The number of carbonyl (C=O) groups excluding carboxylic acids is 1. The van der Waals surface area contributed by atoms with E-state index < -0.39 is 0 Å². The van der Waals surface area contributed by atoms with Crippen LogP contribution in [0, 0.1) is 0 Å². The lowest BCUT2D eigenvalue weighted by molar-refractivity contribution is -0.115. The summed E-state index contributed by atoms with van der Waals surface area (Å²) in [5.74, 6) is 0.558. The molecular weight excluding hydrogens is 236 g/mol. The van der Waals surface area contributed by atoms with E-state index in [1.165, 1.54) is 0 Å². The van der Waals surface area contributed by atoms with Crippen LogP contribution in [0.25, 0.3) is 0 Å². The van der Waals surface area contributed by atoms with Crippen molar-refractivity contribution < 1.29 is 9.53 Å². The molecule has 5 heteroatoms. The molecule has 17 heavy (non-hydrogen) atoms. The summed E-state index contributed by atoms with van der Waals surface area (Å²) in [5.41, 5.74) is 5.97. The van der Waals surface area contributed by atoms with E-state index in [1.807, 2.05) is 13.8 Å². The van der Waals surface area contributed by atoms with Gasteiger partial charge in [0, 0.05) is 5.69 Å². The first-order valence-electron chi connectivity index (χ1n) is 5.32. The largest absolute Gasteiger partial charge is 0.491 e. The highest BCUT2D eigenvalue weighted by Gasteiger charge is 2.04. The molecule has 0 aliphatic heterocycles. The predicted octanol–water partition coefficient (Wildman–Crippen LogP) is 2.09. The van der Waals surface area contributed by atoms with E-state index in [0.717, 1.165) is 5.75 Å². The summed E-state index contributed by atoms with van der Waals surface area (Å²) in [5, 5.41) is 2.69. The van der Waals surface area contributed by atoms with Crippen LogP contribution in [0.15, 0.2) is 24.3 Å². The quantitative estimate of drug-likeness (QED) is 0.788. The molecule has 0 fully saturated rings. The minimum Gasteiger partial charge on any atom is -0.491 e. The third-order valence-electron chi connectivity index (χ3n) is 1.84. The van der Waals surface area contributed by atoms with Gasteiger partial charge in [-0.2, -0.15) is 0 Å². The molecule has 1 amide bonds. The van der Waals surface area contributed by atoms with Crippen molar-refractivity contribution in [2.75, 3.05) is 5.32 Å². The summed E-state index contributed by atoms with van der Waals surface area (Å²) in [6.07, 6.45) is 0.185. The maximum absolute atomic E-state index is 11.4. The molecule has 0 unspecified atom stereocenters. The molecule has 0 atom stereocenters. The van der Waals surface area contributed by atoms with Crippen molar-refractivity contribution in [3.8, 4) is 5.75 Å². The molecule has 3 N–H and O–H groups in total. The molecule has 0 aliphatic carbocycles. The molecule has 1 aromatic rings. The van der Waals surface area contributed by atoms with Gasteiger partial charge in [-0.25, -0.2) is 0 Å². The Balaban J connectivity index is 2.56. The second-order valence-electron chi connectivity index (χ2n) is 3.88. The van der Waals surface area contributed by atoms with Gasteiger partial charge in [-0.05, 0) is 38.1 Å². The molecule has 0 aliphatic rings. The smallest absolute Gasteiger partial charge is 0.231 e. The SMILES string of the molecule is CC(C)Oc1ccc(NC(=O)CC(N)=S)cc1. The van der Waals surface area contributed by atoms with Gasteiger partial charge in [-0.15, -0.1) is 0 Å². The maximum atomic E-state index is 11.4. The number of ether oxygens (including phenoxy) is 1. The molecule has 0 spiro atoms. The lowest BCUT2D eigenvalue weighted by Gasteiger charge is -2.10. The first kappa shape index (κ1) is 13.4. The molecule has 0 bridgehead atoms. The van der Waals surface area contributed by atoms with E-state index in [9.17, 15) is 4.79 Å². The van der Waals surface area contributed by atoms with Gasteiger partial charge in [0.1, 0.15) is 5.75 Å². The van der Waals surface area contributed by atoms with Crippen LogP contribution >= 0.6 is 12.2 Å². The third kappa shape index (κ3) is 5.31. The monoisotopic (exact) mass is 252 g/mol. The van der Waals surface area contributed by atoms with Crippen LogP contribution in [0.5, 0.6) is 5.75 Å². The normalized spacial score (nSPS) is 10.1. The highest BCUT2D eigenvalue weighted by Crippen LogP contribution is 2.16. The van der Waals surface area contributed by atoms with E-state index in [2.05, 4.69) is 17.5 Å². The lowest BCUT2D eigenvalue weighted by Crippen LogP contribution is -2.20. The van der Waals surface area contributed by atoms with Gasteiger partial charge in [-0.3, -0.25) is 4.79 Å². The summed E-state index contributed by atoms with van der Waals surface area (Å²) in [4.78, 5) is 11.6. The van der Waals surface area contributed by atoms with Crippen molar-refractivity contribution in [2.24, 2.45) is 5.73 Å². The van der Waals surface area contributed by atoms with E-state index in [1.54, 1.807) is 24.3 Å². The van der Waals surface area contributed by atoms with Gasteiger partial charge in [0.2, 0.25) is 5.91 Å². The molecule has 0 aromatic heterocycles. The molecule has 92 valence electrons. The zero-order valence-corrected chi connectivity index (χ0v) is 10.7. The zero-order valence-electron chi connectivity index (χ0n) is 9.90. The van der Waals surface area contributed by atoms with Gasteiger partial charge in [-0.1, -0.05) is 12.2 Å². The van der Waals surface area contributed by atoms with Crippen LogP contribution in [0.1, 0.15) is 20.3 Å². The summed E-state index contributed by atoms with van der Waals surface area (Å²) < 4.78 is 5.49. The van der Waals surface area contributed by atoms with Gasteiger partial charge < -0.3 is 15.8 Å². The van der Waals surface area contributed by atoms with E-state index in [-0.39, 0.29) is 23.4 Å². The molecule has 1 aromatic carbocycles. The van der Waals surface area contributed by atoms with Crippen LogP contribution in [0.2, 0.25) is 0 Å². The van der Waals surface area contributed by atoms with Crippen LogP contribution in [-0.2, 0) is 4.79 Å². The van der Waals surface area contributed by atoms with E-state index >= 15 is 0 Å². The van der Waals surface area contributed by atoms with Crippen LogP contribution in [0.4, 0.5) is 5.69 Å². The zero-order chi connectivity index (χ0) is 12.8. The Bertz CT molecular complexity index is 401. The van der Waals surface area contributed by atoms with Gasteiger partial charge >= 0.3 is 0 Å². The predicted molar refractivity (Wildman–Crippen MR) is 72.2 cm³/mol. The molecule has 0 saturated heterocycles. The van der Waals surface area contributed by atoms with Crippen molar-refractivity contribution in [1.82, 2.24) is 0 Å². The number of rotatable bonds is 5. The minimum absolute atomic E-state index is 0.0551. The average Bonchev–Trinajstić information content (AvgIpc) is 2.18. The van der Waals surface area contributed by atoms with Gasteiger partial charge in [0.05, 0.1) is 17.5 Å². The molecule has 0 radical (unpaired) electrons. The van der Waals surface area contributed by atoms with E-state index in [0.29, 0.717) is 5.69 Å². The molecule has 1 rings (SSSR count). The van der Waals surface area contributed by atoms with Crippen molar-refractivity contribution in [1.29, 1.82) is 0 Å². The highest BCUT2D eigenvalue weighted by molar-refractivity contribution is 7.80. The number of thiocarbonyl (C=S) groups is 1. The Kier molecular flexibility index (Phi) is 4.90. The Labute approximate surface area is 106 Å². The summed E-state index contributed by atoms with van der Waals surface area (Å²) >= 11 is 4.65. The molecular formula is C12H16N2O2S. The maximum Gasteiger partial charge on any atom is 0.231 e. The first-order chi connectivity index (χ1) is 7.97. The summed E-state index contributed by atoms with van der Waals surface area (Å²) in [6.45, 7) is 3.91. The average molecular weight is 252 g/mol. The minimum atomic E-state index is -0.213. The number of nitrogens with one attached hydrogen (secondary N) is 1. The Morgan fingerprint density at radius 3 is 2.47 bits per heavy atom. The Morgan fingerprint density at radius 1 is 1.41 bits per heavy atom. The van der Waals surface area contributed by atoms with Gasteiger partial charge in [0.25, 0.3) is 0 Å². The second kappa shape index (κ2) is 6.20. The summed E-state index contributed by atoms with van der Waals surface area (Å²) in [7, 11) is 0. The van der Waals surface area contributed by atoms with Crippen molar-refractivity contribution in [3.63, 3.8) is 0 Å². The number of nitrogens with two attached hydrogens (primary N) is 1. The number of carbonyl (C=O) groups is 1. The topological polar surface area (TPSA) is 64.3 Å². The highest BCUT2D eigenvalue weighted by atomic mass is 32.1. The molecule has 0 heterocycles. The third-order valence-corrected chi connectivity index (χ3v) is 1.99. The second-order valence-corrected chi connectivity index (χ2v) is 4.41. The van der Waals surface area contributed by atoms with E-state index in [4.69, 9.17) is 10.5 Å². The Morgan fingerprint density at radius 2 is 2.00 bits per heavy atom. The summed E-state index contributed by atoms with van der Waals surface area (Å²) in [6, 6.07) is 7.15. The number of amides is 1. The molecule has 4 nitrogen and oxygen atoms in total. The number of hydrogen-bond acceptors (Lipinski definition) is 3. The van der Waals surface area contributed by atoms with Crippen LogP contribution < -0.4 is 15.8 Å². The number of benzene rings is 1. The Hall–Kier alpha value is -1.62. The first-order valence-corrected chi connectivity index (χ1v) is 5.73. The van der Waals surface area contributed by atoms with Crippen LogP contribution in [-0.4, -0.2) is 17.0 Å². The van der Waals surface area contributed by atoms with Crippen LogP contribution in [0.3, 0.4) is 0 Å². The number of anilines is 1. The standard InChI is InChI=1S/C12H16N2O2S/c1-8(2)16-10-5-3-9(4-6-10)14-12(15)7-11(13)17/h3-6,8H,7H2,1-2H3,(H2,13,17)(H,14,15). The fourth-order valence-corrected chi connectivity index (χ4v) is 1.38. The lowest BCUT2D eigenvalue weighted by atomic mass is 10.3. The van der Waals surface area contributed by atoms with Gasteiger partial charge in [0.15, 0.2) is 0 Å². The van der Waals surface area contributed by atoms with Crippen molar-refractivity contribution >= 4 is 28.8 Å². The van der Waals surface area contributed by atoms with Crippen molar-refractivity contribution in [2.45, 2.75) is 26.4 Å². The number of hydrogen-bond donors (Lipinski definition) is 2.